The van der Waals surface area contributed by atoms with Crippen LogP contribution in [0.5, 0.6) is 23.0 Å². The normalized spacial score (nSPS) is 10.6. The zero-order valence-corrected chi connectivity index (χ0v) is 20.1. The van der Waals surface area contributed by atoms with Crippen molar-refractivity contribution in [3.8, 4) is 23.0 Å². The Morgan fingerprint density at radius 3 is 2.12 bits per heavy atom. The molecule has 0 saturated carbocycles. The minimum Gasteiger partial charge on any atom is -0.493 e. The molecule has 0 amide bonds. The van der Waals surface area contributed by atoms with Crippen LogP contribution in [0, 0.1) is 0 Å². The number of benzene rings is 2. The van der Waals surface area contributed by atoms with E-state index in [4.69, 9.17) is 35.3 Å². The van der Waals surface area contributed by atoms with Gasteiger partial charge in [-0.05, 0) is 73.7 Å². The lowest BCUT2D eigenvalue weighted by molar-refractivity contribution is -0.137. The fourth-order valence-corrected chi connectivity index (χ4v) is 3.05. The van der Waals surface area contributed by atoms with E-state index in [2.05, 4.69) is 6.58 Å². The molecule has 0 unspecified atom stereocenters. The number of hydrogen-bond acceptors (Lipinski definition) is 7. The van der Waals surface area contributed by atoms with Gasteiger partial charge in [-0.2, -0.15) is 0 Å². The van der Waals surface area contributed by atoms with Crippen LogP contribution in [0.15, 0.2) is 55.1 Å². The number of halogens is 1. The van der Waals surface area contributed by atoms with Gasteiger partial charge in [-0.25, -0.2) is 9.59 Å². The van der Waals surface area contributed by atoms with Crippen molar-refractivity contribution in [2.24, 2.45) is 0 Å². The van der Waals surface area contributed by atoms with Crippen LogP contribution < -0.4 is 18.9 Å². The number of rotatable bonds is 14. The van der Waals surface area contributed by atoms with Crippen molar-refractivity contribution in [2.45, 2.75) is 25.7 Å². The highest BCUT2D eigenvalue weighted by atomic mass is 35.5. The molecule has 8 heteroatoms. The summed E-state index contributed by atoms with van der Waals surface area (Å²) in [7, 11) is 3.07. The highest BCUT2D eigenvalue weighted by molar-refractivity contribution is 6.30. The molecule has 0 aliphatic heterocycles. The van der Waals surface area contributed by atoms with Crippen LogP contribution in [0.3, 0.4) is 0 Å². The molecule has 0 spiro atoms. The summed E-state index contributed by atoms with van der Waals surface area (Å²) in [5, 5.41) is 0.559. The smallest absolute Gasteiger partial charge is 0.336 e. The molecular formula is C26H29ClO7. The van der Waals surface area contributed by atoms with Gasteiger partial charge in [-0.1, -0.05) is 18.2 Å². The Balaban J connectivity index is 1.89. The second kappa shape index (κ2) is 14.6. The zero-order valence-electron chi connectivity index (χ0n) is 19.4. The zero-order chi connectivity index (χ0) is 24.8. The standard InChI is InChI=1S/C26H29ClO7/c1-4-24(28)32-15-7-5-6-8-16-33-26-22(30-2)17-19(18-23(26)31-3)9-14-25(29)34-21-12-10-20(27)11-13-21/h4,9-14,17-18H,1,5-8,15-16H2,2-3H3. The Labute approximate surface area is 204 Å². The molecule has 0 aliphatic rings. The molecule has 0 atom stereocenters. The minimum absolute atomic E-state index is 0.385. The highest BCUT2D eigenvalue weighted by Gasteiger charge is 2.14. The Morgan fingerprint density at radius 2 is 1.53 bits per heavy atom. The van der Waals surface area contributed by atoms with Gasteiger partial charge in [0.05, 0.1) is 27.4 Å². The monoisotopic (exact) mass is 488 g/mol. The molecule has 34 heavy (non-hydrogen) atoms. The Bertz CT molecular complexity index is 958. The first-order valence-electron chi connectivity index (χ1n) is 10.8. The third-order valence-corrected chi connectivity index (χ3v) is 4.87. The van der Waals surface area contributed by atoms with Crippen molar-refractivity contribution in [1.29, 1.82) is 0 Å². The van der Waals surface area contributed by atoms with Gasteiger partial charge in [-0.15, -0.1) is 0 Å². The molecule has 0 heterocycles. The summed E-state index contributed by atoms with van der Waals surface area (Å²) in [4.78, 5) is 23.1. The summed E-state index contributed by atoms with van der Waals surface area (Å²) in [5.41, 5.74) is 0.683. The fraction of sp³-hybridized carbons (Fsp3) is 0.308. The second-order valence-corrected chi connectivity index (χ2v) is 7.53. The molecule has 0 fully saturated rings. The van der Waals surface area contributed by atoms with E-state index < -0.39 is 11.9 Å². The van der Waals surface area contributed by atoms with Gasteiger partial charge in [0.25, 0.3) is 0 Å². The topological polar surface area (TPSA) is 80.3 Å². The van der Waals surface area contributed by atoms with Crippen molar-refractivity contribution in [1.82, 2.24) is 0 Å². The van der Waals surface area contributed by atoms with Gasteiger partial charge in [0.2, 0.25) is 5.75 Å². The van der Waals surface area contributed by atoms with Crippen LogP contribution >= 0.6 is 11.6 Å². The maximum atomic E-state index is 12.1. The molecule has 0 aliphatic carbocycles. The molecule has 7 nitrogen and oxygen atoms in total. The van der Waals surface area contributed by atoms with E-state index in [1.54, 1.807) is 42.5 Å². The fourth-order valence-electron chi connectivity index (χ4n) is 2.92. The third kappa shape index (κ3) is 9.19. The van der Waals surface area contributed by atoms with E-state index in [-0.39, 0.29) is 0 Å². The average Bonchev–Trinajstić information content (AvgIpc) is 2.85. The maximum absolute atomic E-state index is 12.1. The first-order valence-corrected chi connectivity index (χ1v) is 11.2. The number of carbonyl (C=O) groups is 2. The molecule has 182 valence electrons. The van der Waals surface area contributed by atoms with Crippen molar-refractivity contribution in [3.05, 3.63) is 65.7 Å². The van der Waals surface area contributed by atoms with Gasteiger partial charge >= 0.3 is 11.9 Å². The van der Waals surface area contributed by atoms with Gasteiger partial charge in [0.1, 0.15) is 5.75 Å². The second-order valence-electron chi connectivity index (χ2n) is 7.10. The molecular weight excluding hydrogens is 460 g/mol. The molecule has 0 N–H and O–H groups in total. The Hall–Kier alpha value is -3.45. The molecule has 2 rings (SSSR count). The number of carbonyl (C=O) groups excluding carboxylic acids is 2. The van der Waals surface area contributed by atoms with Crippen LogP contribution in [0.25, 0.3) is 6.08 Å². The number of methoxy groups -OCH3 is 2. The van der Waals surface area contributed by atoms with E-state index in [1.165, 1.54) is 20.3 Å². The minimum atomic E-state index is -0.528. The summed E-state index contributed by atoms with van der Waals surface area (Å²) >= 11 is 5.83. The average molecular weight is 489 g/mol. The molecule has 0 aromatic heterocycles. The lowest BCUT2D eigenvalue weighted by Gasteiger charge is -2.15. The van der Waals surface area contributed by atoms with E-state index in [9.17, 15) is 9.59 Å². The highest BCUT2D eigenvalue weighted by Crippen LogP contribution is 2.39. The predicted octanol–water partition coefficient (Wildman–Crippen LogP) is 5.64. The predicted molar refractivity (Wildman–Crippen MR) is 131 cm³/mol. The molecule has 0 bridgehead atoms. The molecule has 2 aromatic rings. The SMILES string of the molecule is C=CC(=O)OCCCCCCOc1c(OC)cc(C=CC(=O)Oc2ccc(Cl)cc2)cc1OC. The van der Waals surface area contributed by atoms with Crippen LogP contribution in [0.4, 0.5) is 0 Å². The van der Waals surface area contributed by atoms with Gasteiger partial charge < -0.3 is 23.7 Å². The van der Waals surface area contributed by atoms with Gasteiger partial charge in [0.15, 0.2) is 11.5 Å². The van der Waals surface area contributed by atoms with Crippen LogP contribution in [0.2, 0.25) is 5.02 Å². The molecule has 0 saturated heterocycles. The largest absolute Gasteiger partial charge is 0.493 e. The van der Waals surface area contributed by atoms with E-state index in [1.807, 2.05) is 0 Å². The molecule has 2 aromatic carbocycles. The van der Waals surface area contributed by atoms with Crippen molar-refractivity contribution >= 4 is 29.6 Å². The summed E-state index contributed by atoms with van der Waals surface area (Å²) in [6, 6.07) is 10.0. The van der Waals surface area contributed by atoms with Gasteiger partial charge in [-0.3, -0.25) is 0 Å². The lowest BCUT2D eigenvalue weighted by atomic mass is 10.1. The van der Waals surface area contributed by atoms with Crippen LogP contribution in [0.1, 0.15) is 31.2 Å². The van der Waals surface area contributed by atoms with E-state index in [0.717, 1.165) is 31.8 Å². The number of ether oxygens (including phenoxy) is 5. The summed E-state index contributed by atoms with van der Waals surface area (Å²) < 4.78 is 27.0. The van der Waals surface area contributed by atoms with Crippen molar-refractivity contribution in [3.63, 3.8) is 0 Å². The van der Waals surface area contributed by atoms with Crippen molar-refractivity contribution in [2.75, 3.05) is 27.4 Å². The van der Waals surface area contributed by atoms with Crippen LogP contribution in [-0.2, 0) is 14.3 Å². The van der Waals surface area contributed by atoms with E-state index >= 15 is 0 Å². The van der Waals surface area contributed by atoms with Crippen molar-refractivity contribution < 1.29 is 33.3 Å². The number of unbranched alkanes of at least 4 members (excludes halogenated alkanes) is 3. The summed E-state index contributed by atoms with van der Waals surface area (Å²) in [5.74, 6) is 0.934. The lowest BCUT2D eigenvalue weighted by Crippen LogP contribution is -2.04. The first-order chi connectivity index (χ1) is 16.5. The van der Waals surface area contributed by atoms with Crippen LogP contribution in [-0.4, -0.2) is 39.4 Å². The number of esters is 2. The summed E-state index contributed by atoms with van der Waals surface area (Å²) in [6.07, 6.45) is 7.52. The first kappa shape index (κ1) is 26.8. The quantitative estimate of drug-likeness (QED) is 0.147. The van der Waals surface area contributed by atoms with E-state index in [0.29, 0.717) is 46.8 Å². The third-order valence-electron chi connectivity index (χ3n) is 4.62. The summed E-state index contributed by atoms with van der Waals surface area (Å²) in [6.45, 7) is 4.22. The number of hydrogen-bond donors (Lipinski definition) is 0. The maximum Gasteiger partial charge on any atom is 0.336 e. The van der Waals surface area contributed by atoms with Gasteiger partial charge in [0, 0.05) is 17.2 Å². The Morgan fingerprint density at radius 1 is 0.912 bits per heavy atom. The molecule has 0 radical (unpaired) electrons. The Kier molecular flexibility index (Phi) is 11.5.